The summed E-state index contributed by atoms with van der Waals surface area (Å²) in [6, 6.07) is 20.2. The number of nitrogens with one attached hydrogen (secondary N) is 1. The molecule has 0 fully saturated rings. The lowest BCUT2D eigenvalue weighted by Crippen LogP contribution is -2.37. The minimum Gasteiger partial charge on any atom is -0.396 e. The van der Waals surface area contributed by atoms with Crippen molar-refractivity contribution in [3.8, 4) is 0 Å². The van der Waals surface area contributed by atoms with Crippen LogP contribution in [0.3, 0.4) is 0 Å². The maximum atomic E-state index is 12.7. The van der Waals surface area contributed by atoms with Crippen LogP contribution in [0.25, 0.3) is 0 Å². The first kappa shape index (κ1) is 20.2. The van der Waals surface area contributed by atoms with Gasteiger partial charge in [0.05, 0.1) is 18.3 Å². The Hall–Kier alpha value is -2.54. The second-order valence-electron chi connectivity index (χ2n) is 6.61. The summed E-state index contributed by atoms with van der Waals surface area (Å²) in [7, 11) is 0. The molecule has 1 amide bonds. The second-order valence-corrected chi connectivity index (χ2v) is 7.47. The SMILES string of the molecule is Cc1csc(NC(=O)CN(CCCO)C(c2ccccc2)c2ccccc2)n1. The number of rotatable bonds is 9. The van der Waals surface area contributed by atoms with Crippen molar-refractivity contribution in [1.29, 1.82) is 0 Å². The average Bonchev–Trinajstić information content (AvgIpc) is 3.12. The highest BCUT2D eigenvalue weighted by Crippen LogP contribution is 2.28. The van der Waals surface area contributed by atoms with Gasteiger partial charge in [0, 0.05) is 18.5 Å². The van der Waals surface area contributed by atoms with E-state index in [1.807, 2.05) is 48.7 Å². The molecule has 0 unspecified atom stereocenters. The molecule has 0 aliphatic carbocycles. The van der Waals surface area contributed by atoms with Crippen LogP contribution in [0.1, 0.15) is 29.3 Å². The number of hydrogen-bond donors (Lipinski definition) is 2. The summed E-state index contributed by atoms with van der Waals surface area (Å²) < 4.78 is 0. The van der Waals surface area contributed by atoms with E-state index in [4.69, 9.17) is 0 Å². The molecule has 2 aromatic carbocycles. The van der Waals surface area contributed by atoms with Gasteiger partial charge in [-0.15, -0.1) is 11.3 Å². The third-order valence-electron chi connectivity index (χ3n) is 4.41. The number of aromatic nitrogens is 1. The molecule has 146 valence electrons. The van der Waals surface area contributed by atoms with Gasteiger partial charge in [-0.25, -0.2) is 4.98 Å². The maximum Gasteiger partial charge on any atom is 0.240 e. The smallest absolute Gasteiger partial charge is 0.240 e. The predicted molar refractivity (Wildman–Crippen MR) is 113 cm³/mol. The molecule has 2 N–H and O–H groups in total. The summed E-state index contributed by atoms with van der Waals surface area (Å²) in [4.78, 5) is 19.1. The van der Waals surface area contributed by atoms with Crippen LogP contribution < -0.4 is 5.32 Å². The minimum absolute atomic E-state index is 0.0715. The van der Waals surface area contributed by atoms with Gasteiger partial charge >= 0.3 is 0 Å². The van der Waals surface area contributed by atoms with Crippen LogP contribution in [0.15, 0.2) is 66.0 Å². The van der Waals surface area contributed by atoms with Crippen molar-refractivity contribution in [2.75, 3.05) is 25.0 Å². The normalized spacial score (nSPS) is 11.1. The molecule has 1 aromatic heterocycles. The molecule has 6 heteroatoms. The van der Waals surface area contributed by atoms with Gasteiger partial charge in [-0.2, -0.15) is 0 Å². The van der Waals surface area contributed by atoms with Gasteiger partial charge in [0.15, 0.2) is 5.13 Å². The van der Waals surface area contributed by atoms with E-state index in [1.165, 1.54) is 11.3 Å². The summed E-state index contributed by atoms with van der Waals surface area (Å²) in [5.74, 6) is -0.107. The van der Waals surface area contributed by atoms with Crippen molar-refractivity contribution >= 4 is 22.4 Å². The average molecular weight is 396 g/mol. The summed E-state index contributed by atoms with van der Waals surface area (Å²) in [6.45, 7) is 2.81. The summed E-state index contributed by atoms with van der Waals surface area (Å²) in [6.07, 6.45) is 0.597. The van der Waals surface area contributed by atoms with Gasteiger partial charge in [-0.3, -0.25) is 9.69 Å². The lowest BCUT2D eigenvalue weighted by molar-refractivity contribution is -0.117. The Kier molecular flexibility index (Phi) is 7.31. The topological polar surface area (TPSA) is 65.5 Å². The number of carbonyl (C=O) groups excluding carboxylic acids is 1. The van der Waals surface area contributed by atoms with E-state index in [-0.39, 0.29) is 25.1 Å². The summed E-state index contributed by atoms with van der Waals surface area (Å²) >= 11 is 1.42. The van der Waals surface area contributed by atoms with E-state index in [9.17, 15) is 9.90 Å². The molecule has 1 heterocycles. The number of nitrogens with zero attached hydrogens (tertiary/aromatic N) is 2. The maximum absolute atomic E-state index is 12.7. The molecule has 0 atom stereocenters. The zero-order valence-electron chi connectivity index (χ0n) is 15.9. The van der Waals surface area contributed by atoms with Crippen molar-refractivity contribution in [3.63, 3.8) is 0 Å². The molecule has 3 aromatic rings. The largest absolute Gasteiger partial charge is 0.396 e. The lowest BCUT2D eigenvalue weighted by Gasteiger charge is -2.32. The predicted octanol–water partition coefficient (Wildman–Crippen LogP) is 3.86. The zero-order valence-corrected chi connectivity index (χ0v) is 16.7. The number of thiazole rings is 1. The zero-order chi connectivity index (χ0) is 19.8. The van der Waals surface area contributed by atoms with Crippen molar-refractivity contribution < 1.29 is 9.90 Å². The standard InChI is InChI=1S/C22H25N3O2S/c1-17-16-28-22(23-17)24-20(27)15-25(13-8-14-26)21(18-9-4-2-5-10-18)19-11-6-3-7-12-19/h2-7,9-12,16,21,26H,8,13-15H2,1H3,(H,23,24,27). The van der Waals surface area contributed by atoms with E-state index in [1.54, 1.807) is 0 Å². The summed E-state index contributed by atoms with van der Waals surface area (Å²) in [5, 5.41) is 14.8. The van der Waals surface area contributed by atoms with Crippen LogP contribution in [0.5, 0.6) is 0 Å². The van der Waals surface area contributed by atoms with Crippen molar-refractivity contribution in [1.82, 2.24) is 9.88 Å². The summed E-state index contributed by atoms with van der Waals surface area (Å²) in [5.41, 5.74) is 3.12. The van der Waals surface area contributed by atoms with Crippen molar-refractivity contribution in [3.05, 3.63) is 82.9 Å². The Morgan fingerprint density at radius 3 is 2.21 bits per heavy atom. The van der Waals surface area contributed by atoms with E-state index >= 15 is 0 Å². The third kappa shape index (κ3) is 5.48. The molecule has 0 saturated carbocycles. The third-order valence-corrected chi connectivity index (χ3v) is 5.29. The molecule has 0 aliphatic rings. The number of anilines is 1. The fraction of sp³-hybridized carbons (Fsp3) is 0.273. The lowest BCUT2D eigenvalue weighted by atomic mass is 9.96. The van der Waals surface area contributed by atoms with Gasteiger partial charge in [-0.1, -0.05) is 60.7 Å². The first-order chi connectivity index (χ1) is 13.7. The van der Waals surface area contributed by atoms with Gasteiger partial charge in [-0.05, 0) is 24.5 Å². The first-order valence-corrected chi connectivity index (χ1v) is 10.2. The van der Waals surface area contributed by atoms with Crippen LogP contribution in [0.4, 0.5) is 5.13 Å². The number of amides is 1. The fourth-order valence-electron chi connectivity index (χ4n) is 3.21. The Balaban J connectivity index is 1.86. The number of aliphatic hydroxyl groups is 1. The van der Waals surface area contributed by atoms with Crippen molar-refractivity contribution in [2.24, 2.45) is 0 Å². The number of hydrogen-bond acceptors (Lipinski definition) is 5. The van der Waals surface area contributed by atoms with Gasteiger partial charge in [0.1, 0.15) is 0 Å². The molecule has 5 nitrogen and oxygen atoms in total. The molecular weight excluding hydrogens is 370 g/mol. The van der Waals surface area contributed by atoms with Gasteiger partial charge < -0.3 is 10.4 Å². The molecule has 0 bridgehead atoms. The van der Waals surface area contributed by atoms with Crippen LogP contribution in [-0.4, -0.2) is 40.6 Å². The second kappa shape index (κ2) is 10.1. The Labute approximate surface area is 169 Å². The minimum atomic E-state index is -0.107. The Morgan fingerprint density at radius 1 is 1.11 bits per heavy atom. The Bertz CT molecular complexity index is 828. The number of aliphatic hydroxyl groups excluding tert-OH is 1. The monoisotopic (exact) mass is 395 g/mol. The van der Waals surface area contributed by atoms with Crippen LogP contribution in [0, 0.1) is 6.92 Å². The van der Waals surface area contributed by atoms with E-state index in [0.717, 1.165) is 16.8 Å². The molecule has 0 saturated heterocycles. The van der Waals surface area contributed by atoms with E-state index < -0.39 is 0 Å². The molecule has 0 radical (unpaired) electrons. The van der Waals surface area contributed by atoms with Crippen LogP contribution in [0.2, 0.25) is 0 Å². The molecule has 3 rings (SSSR count). The van der Waals surface area contributed by atoms with E-state index in [2.05, 4.69) is 39.5 Å². The highest BCUT2D eigenvalue weighted by Gasteiger charge is 2.24. The van der Waals surface area contributed by atoms with Crippen LogP contribution >= 0.6 is 11.3 Å². The molecule has 28 heavy (non-hydrogen) atoms. The van der Waals surface area contributed by atoms with E-state index in [0.29, 0.717) is 18.1 Å². The van der Waals surface area contributed by atoms with Gasteiger partial charge in [0.2, 0.25) is 5.91 Å². The quantitative estimate of drug-likeness (QED) is 0.577. The number of aryl methyl sites for hydroxylation is 1. The number of benzene rings is 2. The molecule has 0 aliphatic heterocycles. The number of carbonyl (C=O) groups is 1. The molecular formula is C22H25N3O2S. The molecule has 0 spiro atoms. The van der Waals surface area contributed by atoms with Crippen LogP contribution in [-0.2, 0) is 4.79 Å². The fourth-order valence-corrected chi connectivity index (χ4v) is 3.92. The first-order valence-electron chi connectivity index (χ1n) is 9.34. The van der Waals surface area contributed by atoms with Crippen molar-refractivity contribution in [2.45, 2.75) is 19.4 Å². The van der Waals surface area contributed by atoms with Gasteiger partial charge in [0.25, 0.3) is 0 Å². The highest BCUT2D eigenvalue weighted by atomic mass is 32.1. The Morgan fingerprint density at radius 2 is 1.71 bits per heavy atom. The highest BCUT2D eigenvalue weighted by molar-refractivity contribution is 7.13.